The Balaban J connectivity index is 1.37. The van der Waals surface area contributed by atoms with Gasteiger partial charge in [-0.05, 0) is 74.2 Å². The highest BCUT2D eigenvalue weighted by Gasteiger charge is 2.59. The molecule has 1 aromatic heterocycles. The van der Waals surface area contributed by atoms with Gasteiger partial charge >= 0.3 is 0 Å². The van der Waals surface area contributed by atoms with E-state index in [-0.39, 0.29) is 0 Å². The third-order valence-corrected chi connectivity index (χ3v) is 7.32. The van der Waals surface area contributed by atoms with Crippen molar-refractivity contribution < 1.29 is 9.53 Å². The van der Waals surface area contributed by atoms with Crippen LogP contribution in [0.15, 0.2) is 24.5 Å². The second-order valence-electron chi connectivity index (χ2n) is 9.18. The Labute approximate surface area is 169 Å². The van der Waals surface area contributed by atoms with Crippen LogP contribution in [0.4, 0.5) is 0 Å². The van der Waals surface area contributed by atoms with Gasteiger partial charge in [-0.2, -0.15) is 0 Å². The van der Waals surface area contributed by atoms with Crippen LogP contribution in [0.1, 0.15) is 50.5 Å². The maximum Gasteiger partial charge on any atom is 0.226 e. The van der Waals surface area contributed by atoms with Crippen molar-refractivity contribution in [3.8, 4) is 0 Å². The minimum absolute atomic E-state index is 0.290. The maximum absolute atomic E-state index is 13.4. The largest absolute Gasteiger partial charge is 0.383 e. The molecule has 2 saturated carbocycles. The first kappa shape index (κ1) is 19.8. The number of hydrogen-bond acceptors (Lipinski definition) is 4. The summed E-state index contributed by atoms with van der Waals surface area (Å²) in [5, 5.41) is 0. The van der Waals surface area contributed by atoms with E-state index in [0.717, 1.165) is 45.8 Å². The van der Waals surface area contributed by atoms with Gasteiger partial charge in [0.15, 0.2) is 0 Å². The van der Waals surface area contributed by atoms with Crippen LogP contribution >= 0.6 is 0 Å². The lowest BCUT2D eigenvalue weighted by Crippen LogP contribution is -2.42. The molecule has 2 heterocycles. The van der Waals surface area contributed by atoms with Gasteiger partial charge in [-0.3, -0.25) is 9.78 Å². The number of amides is 1. The van der Waals surface area contributed by atoms with Gasteiger partial charge in [0.25, 0.3) is 0 Å². The lowest BCUT2D eigenvalue weighted by atomic mass is 9.95. The maximum atomic E-state index is 13.4. The van der Waals surface area contributed by atoms with Gasteiger partial charge < -0.3 is 14.5 Å². The van der Waals surface area contributed by atoms with Crippen molar-refractivity contribution in [3.63, 3.8) is 0 Å². The van der Waals surface area contributed by atoms with E-state index in [9.17, 15) is 4.79 Å². The van der Waals surface area contributed by atoms with Crippen LogP contribution in [0.2, 0.25) is 0 Å². The highest BCUT2D eigenvalue weighted by molar-refractivity contribution is 5.82. The van der Waals surface area contributed by atoms with Crippen LogP contribution in [0.3, 0.4) is 0 Å². The number of carbonyl (C=O) groups is 1. The highest BCUT2D eigenvalue weighted by atomic mass is 16.5. The molecule has 3 fully saturated rings. The fraction of sp³-hybridized carbons (Fsp3) is 0.739. The van der Waals surface area contributed by atoms with E-state index in [4.69, 9.17) is 4.74 Å². The fourth-order valence-corrected chi connectivity index (χ4v) is 5.41. The van der Waals surface area contributed by atoms with Gasteiger partial charge in [0.05, 0.1) is 6.61 Å². The number of hydrogen-bond donors (Lipinski definition) is 0. The van der Waals surface area contributed by atoms with Crippen molar-refractivity contribution in [3.05, 3.63) is 30.1 Å². The Morgan fingerprint density at radius 3 is 2.64 bits per heavy atom. The third kappa shape index (κ3) is 4.57. The van der Waals surface area contributed by atoms with Gasteiger partial charge in [0.2, 0.25) is 5.91 Å². The van der Waals surface area contributed by atoms with Crippen molar-refractivity contribution in [2.45, 2.75) is 51.5 Å². The number of likely N-dealkylation sites (tertiary alicyclic amines) is 1. The molecule has 5 heteroatoms. The predicted molar refractivity (Wildman–Crippen MR) is 110 cm³/mol. The SMILES string of the molecule is COCCN1CCC(CN(Cc2ccncc2)C(=O)[C@@H]2CC23CCCC3)CC1. The first-order chi connectivity index (χ1) is 13.7. The molecule has 1 saturated heterocycles. The first-order valence-electron chi connectivity index (χ1n) is 11.1. The van der Waals surface area contributed by atoms with E-state index < -0.39 is 0 Å². The summed E-state index contributed by atoms with van der Waals surface area (Å²) >= 11 is 0. The molecule has 4 rings (SSSR count). The molecule has 1 atom stereocenters. The number of rotatable bonds is 8. The summed E-state index contributed by atoms with van der Waals surface area (Å²) in [4.78, 5) is 22.2. The zero-order valence-corrected chi connectivity index (χ0v) is 17.3. The van der Waals surface area contributed by atoms with Crippen LogP contribution in [0.5, 0.6) is 0 Å². The molecule has 1 aromatic rings. The van der Waals surface area contributed by atoms with E-state index in [0.29, 0.717) is 23.2 Å². The van der Waals surface area contributed by atoms with Crippen LogP contribution in [-0.2, 0) is 16.1 Å². The Morgan fingerprint density at radius 2 is 1.96 bits per heavy atom. The molecule has 28 heavy (non-hydrogen) atoms. The van der Waals surface area contributed by atoms with Gasteiger partial charge in [0, 0.05) is 45.1 Å². The van der Waals surface area contributed by atoms with Crippen molar-refractivity contribution >= 4 is 5.91 Å². The summed E-state index contributed by atoms with van der Waals surface area (Å²) in [7, 11) is 1.77. The van der Waals surface area contributed by atoms with Crippen LogP contribution in [0, 0.1) is 17.3 Å². The topological polar surface area (TPSA) is 45.7 Å². The van der Waals surface area contributed by atoms with Gasteiger partial charge in [-0.1, -0.05) is 12.8 Å². The van der Waals surface area contributed by atoms with Crippen molar-refractivity contribution in [2.75, 3.05) is 39.9 Å². The molecular formula is C23H35N3O2. The lowest BCUT2D eigenvalue weighted by molar-refractivity contribution is -0.135. The molecule has 0 bridgehead atoms. The number of pyridine rings is 1. The number of carbonyl (C=O) groups excluding carboxylic acids is 1. The smallest absolute Gasteiger partial charge is 0.226 e. The summed E-state index contributed by atoms with van der Waals surface area (Å²) in [5.74, 6) is 1.32. The number of ether oxygens (including phenoxy) is 1. The van der Waals surface area contributed by atoms with E-state index in [1.807, 2.05) is 24.5 Å². The van der Waals surface area contributed by atoms with Crippen molar-refractivity contribution in [2.24, 2.45) is 17.3 Å². The predicted octanol–water partition coefficient (Wildman–Crippen LogP) is 3.35. The molecule has 0 aromatic carbocycles. The van der Waals surface area contributed by atoms with Gasteiger partial charge in [-0.15, -0.1) is 0 Å². The number of methoxy groups -OCH3 is 1. The van der Waals surface area contributed by atoms with E-state index >= 15 is 0 Å². The van der Waals surface area contributed by atoms with Gasteiger partial charge in [0.1, 0.15) is 0 Å². The molecule has 1 aliphatic heterocycles. The quantitative estimate of drug-likeness (QED) is 0.688. The molecule has 2 aliphatic carbocycles. The summed E-state index contributed by atoms with van der Waals surface area (Å²) < 4.78 is 5.21. The molecule has 0 unspecified atom stereocenters. The molecule has 0 N–H and O–H groups in total. The Kier molecular flexibility index (Phi) is 6.32. The fourth-order valence-electron chi connectivity index (χ4n) is 5.41. The third-order valence-electron chi connectivity index (χ3n) is 7.32. The lowest BCUT2D eigenvalue weighted by Gasteiger charge is -2.35. The summed E-state index contributed by atoms with van der Waals surface area (Å²) in [6, 6.07) is 4.09. The molecular weight excluding hydrogens is 350 g/mol. The Morgan fingerprint density at radius 1 is 1.25 bits per heavy atom. The normalized spacial score (nSPS) is 24.5. The van der Waals surface area contributed by atoms with E-state index in [1.165, 1.54) is 44.1 Å². The number of nitrogens with zero attached hydrogens (tertiary/aromatic N) is 3. The second kappa shape index (κ2) is 8.91. The molecule has 1 amide bonds. The highest BCUT2D eigenvalue weighted by Crippen LogP contribution is 2.63. The molecule has 0 radical (unpaired) electrons. The average molecular weight is 386 g/mol. The van der Waals surface area contributed by atoms with Crippen LogP contribution in [-0.4, -0.2) is 60.6 Å². The van der Waals surface area contributed by atoms with E-state index in [2.05, 4.69) is 14.8 Å². The zero-order valence-electron chi connectivity index (χ0n) is 17.3. The van der Waals surface area contributed by atoms with Crippen LogP contribution in [0.25, 0.3) is 0 Å². The Hall–Kier alpha value is -1.46. The average Bonchev–Trinajstić information content (AvgIpc) is 3.23. The summed E-state index contributed by atoms with van der Waals surface area (Å²) in [5.41, 5.74) is 1.57. The second-order valence-corrected chi connectivity index (χ2v) is 9.18. The van der Waals surface area contributed by atoms with E-state index in [1.54, 1.807) is 7.11 Å². The summed E-state index contributed by atoms with van der Waals surface area (Å²) in [6.45, 7) is 5.72. The summed E-state index contributed by atoms with van der Waals surface area (Å²) in [6.07, 6.45) is 12.3. The number of aromatic nitrogens is 1. The minimum atomic E-state index is 0.290. The van der Waals surface area contributed by atoms with Crippen molar-refractivity contribution in [1.29, 1.82) is 0 Å². The van der Waals surface area contributed by atoms with Crippen LogP contribution < -0.4 is 0 Å². The Bertz CT molecular complexity index is 637. The minimum Gasteiger partial charge on any atom is -0.383 e. The molecule has 1 spiro atoms. The molecule has 3 aliphatic rings. The number of piperidine rings is 1. The van der Waals surface area contributed by atoms with Crippen molar-refractivity contribution in [1.82, 2.24) is 14.8 Å². The molecule has 5 nitrogen and oxygen atoms in total. The first-order valence-corrected chi connectivity index (χ1v) is 11.1. The standard InChI is InChI=1S/C23H35N3O2/c1-28-15-14-25-12-6-20(7-13-25)18-26(17-19-4-10-24-11-5-19)22(27)21-16-23(21)8-2-3-9-23/h4-5,10-11,20-21H,2-3,6-9,12-18H2,1H3/t21-/m0/s1. The zero-order chi connectivity index (χ0) is 19.4. The van der Waals surface area contributed by atoms with Gasteiger partial charge in [-0.25, -0.2) is 0 Å². The monoisotopic (exact) mass is 385 g/mol. The molecule has 154 valence electrons.